The number of amides is 7. The Bertz CT molecular complexity index is 3030. The predicted octanol–water partition coefficient (Wildman–Crippen LogP) is 12.7. The molecule has 10 fully saturated rings. The van der Waals surface area contributed by atoms with Crippen molar-refractivity contribution >= 4 is 112 Å². The van der Waals surface area contributed by atoms with Crippen LogP contribution < -0.4 is 5.32 Å². The van der Waals surface area contributed by atoms with Crippen LogP contribution in [0.2, 0.25) is 0 Å². The first-order valence-electron chi connectivity index (χ1n) is 37.2. The van der Waals surface area contributed by atoms with Gasteiger partial charge in [0.25, 0.3) is 0 Å². The fourth-order valence-corrected chi connectivity index (χ4v) is 13.6. The van der Waals surface area contributed by atoms with Crippen molar-refractivity contribution in [2.24, 2.45) is 29.6 Å². The number of likely N-dealkylation sites (tertiary alicyclic amines) is 5. The Hall–Kier alpha value is -5.78. The van der Waals surface area contributed by atoms with E-state index in [0.717, 1.165) is 38.5 Å². The van der Waals surface area contributed by atoms with E-state index in [1.807, 2.05) is 83.1 Å². The summed E-state index contributed by atoms with van der Waals surface area (Å²) in [7, 11) is 2.22. The van der Waals surface area contributed by atoms with Crippen molar-refractivity contribution in [3.05, 3.63) is 19.7 Å². The number of fused-ring (bicyclic) bond motifs is 5. The number of rotatable bonds is 10. The van der Waals surface area contributed by atoms with Crippen LogP contribution in [0.25, 0.3) is 0 Å². The predicted molar refractivity (Wildman–Crippen MR) is 410 cm³/mol. The van der Waals surface area contributed by atoms with E-state index >= 15 is 0 Å². The molecule has 6 heterocycles. The number of carbonyl (C=O) groups is 12. The number of likely N-dealkylation sites (N-methyl/N-ethyl adjacent to an activating group) is 1. The normalized spacial score (nSPS) is 27.7. The van der Waals surface area contributed by atoms with Gasteiger partial charge in [0.1, 0.15) is 69.9 Å². The monoisotopic (exact) mass is 1790 g/mol. The van der Waals surface area contributed by atoms with Gasteiger partial charge in [0.15, 0.2) is 0 Å². The summed E-state index contributed by atoms with van der Waals surface area (Å²) >= 11 is 4.74. The minimum atomic E-state index is -0.932. The Morgan fingerprint density at radius 3 is 0.815 bits per heavy atom. The van der Waals surface area contributed by atoms with Gasteiger partial charge in [-0.25, -0.2) is 52.7 Å². The number of esters is 4. The molecule has 30 nitrogen and oxygen atoms in total. The Morgan fingerprint density at radius 2 is 0.583 bits per heavy atom. The van der Waals surface area contributed by atoms with Crippen LogP contribution >= 0.6 is 40.0 Å². The van der Waals surface area contributed by atoms with Gasteiger partial charge in [-0.1, -0.05) is 6.08 Å². The maximum absolute atomic E-state index is 12.1. The molecule has 0 radical (unpaired) electrons. The number of hydrogen-bond donors (Lipinski definition) is 2. The van der Waals surface area contributed by atoms with E-state index in [9.17, 15) is 57.5 Å². The molecule has 5 aliphatic carbocycles. The number of nitrogens with one attached hydrogen (secondary N) is 1. The van der Waals surface area contributed by atoms with Crippen molar-refractivity contribution in [3.63, 3.8) is 0 Å². The number of carboxylic acid groups (broad SMARTS) is 1. The maximum atomic E-state index is 12.1. The Morgan fingerprint density at radius 1 is 0.370 bits per heavy atom. The molecule has 4 unspecified atom stereocenters. The van der Waals surface area contributed by atoms with E-state index < -0.39 is 106 Å². The molecule has 0 aromatic heterocycles. The summed E-state index contributed by atoms with van der Waals surface area (Å²) in [5.41, 5.74) is -3.28. The molecule has 11 aliphatic rings. The third-order valence-corrected chi connectivity index (χ3v) is 18.2. The zero-order valence-electron chi connectivity index (χ0n) is 67.8. The third-order valence-electron chi connectivity index (χ3n) is 18.2. The quantitative estimate of drug-likeness (QED) is 0.0888. The van der Waals surface area contributed by atoms with E-state index in [1.165, 1.54) is 9.80 Å². The van der Waals surface area contributed by atoms with Crippen molar-refractivity contribution < 1.29 is 119 Å². The van der Waals surface area contributed by atoms with Crippen molar-refractivity contribution in [2.45, 2.75) is 323 Å². The Balaban J connectivity index is 0.000000271. The first kappa shape index (κ1) is 94.6. The summed E-state index contributed by atoms with van der Waals surface area (Å²) in [5.74, 6) is -0.143. The number of carboxylic acids is 1. The SMILES string of the molecule is CC(C)(C)OC(=O)N1[C@H](C(=O)O)C[C@@H]2C[C@@H]21.CCOC(=O)[C@@H]1CC2CC2N1C(=O)OC(C)(C)C.CCOC(=O)[C@@H]1CC=CN1C(=O)OC(C)(C)C.CCOC(=O)[C@@H]1C[C@@H]2C[C@@H]2N1C(=O)OC(C)(C)C.CCOC(=O)[C@@H]1C[C@@H]2C[C@@H]2N1C(=O)OC(C)(C)C.CNC(=O)[C@@H]1CC2CC2N1C(=O)OC(C)(C)C.[CH3-].[I][V][I]. The molecular formula is C75H122I2N7O23V-. The van der Waals surface area contributed by atoms with Gasteiger partial charge in [0, 0.05) is 43.5 Å². The van der Waals surface area contributed by atoms with Crippen molar-refractivity contribution in [3.8, 4) is 0 Å². The fraction of sp³-hybridized carbons (Fsp3) is 0.800. The van der Waals surface area contributed by atoms with Crippen LogP contribution in [-0.4, -0.2) is 240 Å². The summed E-state index contributed by atoms with van der Waals surface area (Å²) in [4.78, 5) is 151. The molecule has 2 N–H and O–H groups in total. The van der Waals surface area contributed by atoms with Gasteiger partial charge in [-0.2, -0.15) is 0 Å². The molecule has 0 spiro atoms. The molecule has 33 heteroatoms. The second-order valence-corrected chi connectivity index (χ2v) is 45.8. The number of piperidine rings is 5. The zero-order chi connectivity index (χ0) is 81.1. The number of carbonyl (C=O) groups excluding carboxylic acids is 11. The summed E-state index contributed by atoms with van der Waals surface area (Å²) in [6.07, 6.45) is 9.55. The van der Waals surface area contributed by atoms with E-state index in [-0.39, 0.29) is 73.6 Å². The summed E-state index contributed by atoms with van der Waals surface area (Å²) < 4.78 is 51.8. The second-order valence-electron chi connectivity index (χ2n) is 34.1. The number of halogens is 2. The van der Waals surface area contributed by atoms with Crippen molar-refractivity contribution in [2.75, 3.05) is 33.5 Å². The Labute approximate surface area is 667 Å². The molecule has 7 amide bonds. The molecule has 5 saturated carbocycles. The second kappa shape index (κ2) is 39.1. The standard InChI is InChI=1S/3C13H21NO4.C12H20N2O3.C12H19NO4.C11H17NO4.CH3.2HI.V/c3*1-5-17-11(15)10-7-8-6-9(8)14(10)12(16)18-13(2,3)4;1-12(2,3)17-11(16)14-8-5-7(8)6-9(14)10(15)13-4;1-5-16-10(14)9-7-6-8-13(9)11(15)17-12(2,3)4;1-11(2,3)16-10(15)12-7-4-6(7)5-8(12)9(13)14;;;;/h3*8-10H,5-7H2,1-4H3;7-9H,5-6H2,1-4H3,(H,13,15);6,8-9H,5,7H2,1-4H3;6-8H,4-5H2,1-3H3,(H,13,14);1H3;2*1H;/q;;;;;;-1;;;+2/p-2/t8?,9?,10-;2*8-,9-,10-;7?,8?,9-;9-;6-,7-,8-;;;;/m000000..../s1. The molecular weight excluding hydrogens is 1670 g/mol. The van der Waals surface area contributed by atoms with Crippen LogP contribution in [0, 0.1) is 37.0 Å². The van der Waals surface area contributed by atoms with Gasteiger partial charge in [-0.3, -0.25) is 34.2 Å². The van der Waals surface area contributed by atoms with Crippen LogP contribution in [-0.2, 0) is 85.6 Å². The number of nitrogens with zero attached hydrogens (tertiary/aromatic N) is 6. The van der Waals surface area contributed by atoms with Crippen LogP contribution in [0.4, 0.5) is 28.8 Å². The van der Waals surface area contributed by atoms with Crippen LogP contribution in [0.3, 0.4) is 0 Å². The van der Waals surface area contributed by atoms with Gasteiger partial charge >= 0.3 is 116 Å². The third kappa shape index (κ3) is 28.5. The van der Waals surface area contributed by atoms with Gasteiger partial charge < -0.3 is 65.2 Å². The molecule has 615 valence electrons. The van der Waals surface area contributed by atoms with Crippen molar-refractivity contribution in [1.29, 1.82) is 0 Å². The van der Waals surface area contributed by atoms with E-state index in [1.54, 1.807) is 108 Å². The molecule has 0 aromatic carbocycles. The minimum absolute atomic E-state index is 0. The molecule has 108 heavy (non-hydrogen) atoms. The van der Waals surface area contributed by atoms with E-state index in [0.29, 0.717) is 97.6 Å². The number of hydrogen-bond acceptors (Lipinski definition) is 22. The summed E-state index contributed by atoms with van der Waals surface area (Å²) in [5, 5.41) is 11.6. The average Bonchev–Trinajstić information content (AvgIpc) is 1.62. The molecule has 11 rings (SSSR count). The molecule has 0 aromatic rings. The Kier molecular flexibility index (Phi) is 34.3. The molecule has 16 atom stereocenters. The first-order chi connectivity index (χ1) is 49.4. The van der Waals surface area contributed by atoms with Gasteiger partial charge in [-0.05, 0) is 253 Å². The summed E-state index contributed by atoms with van der Waals surface area (Å²) in [6, 6.07) is -2.17. The van der Waals surface area contributed by atoms with E-state index in [4.69, 9.17) is 52.5 Å². The zero-order valence-corrected chi connectivity index (χ0v) is 73.5. The van der Waals surface area contributed by atoms with Crippen molar-refractivity contribution in [1.82, 2.24) is 34.7 Å². The molecule has 5 saturated heterocycles. The molecule has 0 bridgehead atoms. The topological polar surface area (TPSA) is 349 Å². The average molecular weight is 1790 g/mol. The first-order valence-corrected chi connectivity index (χ1v) is 46.2. The fourth-order valence-electron chi connectivity index (χ4n) is 13.6. The van der Waals surface area contributed by atoms with Crippen LogP contribution in [0.15, 0.2) is 12.3 Å². The molecule has 6 aliphatic heterocycles. The summed E-state index contributed by atoms with van der Waals surface area (Å²) in [6.45, 7) is 41.0. The van der Waals surface area contributed by atoms with Crippen LogP contribution in [0.1, 0.15) is 223 Å². The van der Waals surface area contributed by atoms with E-state index in [2.05, 4.69) is 45.3 Å². The van der Waals surface area contributed by atoms with Gasteiger partial charge in [-0.15, -0.1) is 0 Å². The number of ether oxygens (including phenoxy) is 10. The van der Waals surface area contributed by atoms with Crippen LogP contribution in [0.5, 0.6) is 0 Å². The van der Waals surface area contributed by atoms with Gasteiger partial charge in [0.05, 0.1) is 26.4 Å². The number of aliphatic carboxylic acids is 1. The van der Waals surface area contributed by atoms with Gasteiger partial charge in [0.2, 0.25) is 5.91 Å².